The minimum absolute atomic E-state index is 0.0199. The van der Waals surface area contributed by atoms with Gasteiger partial charge in [0.05, 0.1) is 10.8 Å². The number of aromatic nitrogens is 1. The third kappa shape index (κ3) is 7.90. The molecule has 15 heteroatoms. The van der Waals surface area contributed by atoms with Gasteiger partial charge in [0.15, 0.2) is 18.5 Å². The second kappa shape index (κ2) is 14.2. The van der Waals surface area contributed by atoms with Gasteiger partial charge in [-0.05, 0) is 30.2 Å². The summed E-state index contributed by atoms with van der Waals surface area (Å²) in [7, 11) is 0. The molecule has 4 rings (SSSR count). The standard InChI is InChI=1S/C26H25Cl2N3O7S3/c27-15-3-4-17(28)19(10-15)40-13-20(33)29-21-23(34)31-22(26(37)38)14(12-41-24(21)31)11-39-16-5-8-30(9-6-16)7-1-2-18(32)25(35)36/h3-6,8-10,18,21,24,32H,1-2,7,11-13H2,(H2-,29,33,35,36,37,38)/p+1/t18-,21+,24-/m1/s1. The van der Waals surface area contributed by atoms with E-state index in [0.717, 1.165) is 4.90 Å². The molecular weight excluding hydrogens is 633 g/mol. The van der Waals surface area contributed by atoms with E-state index in [4.69, 9.17) is 28.3 Å². The van der Waals surface area contributed by atoms with Crippen LogP contribution < -0.4 is 9.88 Å². The third-order valence-electron chi connectivity index (χ3n) is 6.27. The number of carboxylic acids is 2. The second-order valence-corrected chi connectivity index (χ2v) is 13.1. The van der Waals surface area contributed by atoms with Crippen LogP contribution in [0.3, 0.4) is 0 Å². The average Bonchev–Trinajstić information content (AvgIpc) is 2.95. The Bertz CT molecular complexity index is 1380. The molecule has 2 amide bonds. The van der Waals surface area contributed by atoms with Gasteiger partial charge in [-0.15, -0.1) is 35.3 Å². The Morgan fingerprint density at radius 2 is 1.88 bits per heavy atom. The average molecular weight is 660 g/mol. The zero-order chi connectivity index (χ0) is 29.7. The van der Waals surface area contributed by atoms with Crippen molar-refractivity contribution in [1.82, 2.24) is 10.2 Å². The van der Waals surface area contributed by atoms with Crippen LogP contribution in [0.4, 0.5) is 0 Å². The van der Waals surface area contributed by atoms with E-state index in [-0.39, 0.29) is 23.8 Å². The van der Waals surface area contributed by atoms with Crippen molar-refractivity contribution >= 4 is 82.2 Å². The number of rotatable bonds is 13. The molecule has 2 aliphatic rings. The van der Waals surface area contributed by atoms with E-state index in [1.807, 2.05) is 29.1 Å². The third-order valence-corrected chi connectivity index (χ3v) is 10.4. The number of carbonyl (C=O) groups excluding carboxylic acids is 2. The number of aliphatic hydroxyl groups is 1. The van der Waals surface area contributed by atoms with Crippen molar-refractivity contribution < 1.29 is 39.1 Å². The number of carboxylic acid groups (broad SMARTS) is 2. The molecule has 0 bridgehead atoms. The first-order valence-corrected chi connectivity index (χ1v) is 16.1. The molecule has 2 aliphatic heterocycles. The highest BCUT2D eigenvalue weighted by Gasteiger charge is 2.54. The van der Waals surface area contributed by atoms with Crippen LogP contribution in [-0.4, -0.2) is 78.8 Å². The van der Waals surface area contributed by atoms with Crippen LogP contribution >= 0.6 is 58.5 Å². The number of nitrogens with zero attached hydrogens (tertiary/aromatic N) is 2. The normalized spacial score (nSPS) is 18.9. The van der Waals surface area contributed by atoms with E-state index < -0.39 is 35.4 Å². The summed E-state index contributed by atoms with van der Waals surface area (Å²) in [5.41, 5.74) is 0.576. The summed E-state index contributed by atoms with van der Waals surface area (Å²) < 4.78 is 1.87. The van der Waals surface area contributed by atoms with Crippen molar-refractivity contribution in [3.63, 3.8) is 0 Å². The molecule has 1 aromatic heterocycles. The number of halogens is 2. The number of aliphatic carboxylic acids is 2. The van der Waals surface area contributed by atoms with Gasteiger partial charge >= 0.3 is 11.9 Å². The maximum Gasteiger partial charge on any atom is 0.352 e. The molecule has 3 heterocycles. The zero-order valence-corrected chi connectivity index (χ0v) is 25.3. The lowest BCUT2D eigenvalue weighted by Gasteiger charge is -2.49. The van der Waals surface area contributed by atoms with E-state index in [1.165, 1.54) is 40.2 Å². The first kappa shape index (κ1) is 31.5. The molecule has 1 aromatic carbocycles. The topological polar surface area (TPSA) is 148 Å². The molecule has 1 fully saturated rings. The maximum atomic E-state index is 12.9. The molecular formula is C26H26Cl2N3O7S3+. The van der Waals surface area contributed by atoms with Crippen molar-refractivity contribution in [3.05, 3.63) is 64.0 Å². The zero-order valence-electron chi connectivity index (χ0n) is 21.4. The minimum Gasteiger partial charge on any atom is -0.479 e. The van der Waals surface area contributed by atoms with E-state index in [9.17, 15) is 29.4 Å². The number of hydrogen-bond donors (Lipinski definition) is 4. The molecule has 1 saturated heterocycles. The number of fused-ring (bicyclic) bond motifs is 1. The number of β-lactam (4-membered cyclic amide) rings is 1. The molecule has 0 aliphatic carbocycles. The Labute approximate surface area is 258 Å². The van der Waals surface area contributed by atoms with Crippen LogP contribution in [0.1, 0.15) is 12.8 Å². The lowest BCUT2D eigenvalue weighted by atomic mass is 10.0. The van der Waals surface area contributed by atoms with Gasteiger partial charge in [0.25, 0.3) is 5.91 Å². The number of carbonyl (C=O) groups is 4. The summed E-state index contributed by atoms with van der Waals surface area (Å²) in [6.45, 7) is 0.545. The number of thioether (sulfide) groups is 3. The monoisotopic (exact) mass is 658 g/mol. The van der Waals surface area contributed by atoms with Crippen LogP contribution in [0.2, 0.25) is 10.0 Å². The van der Waals surface area contributed by atoms with E-state index in [0.29, 0.717) is 45.0 Å². The largest absolute Gasteiger partial charge is 0.479 e. The maximum absolute atomic E-state index is 12.9. The Balaban J connectivity index is 1.31. The number of benzene rings is 1. The van der Waals surface area contributed by atoms with Crippen LogP contribution in [0.15, 0.2) is 63.8 Å². The van der Waals surface area contributed by atoms with Gasteiger partial charge in [0.1, 0.15) is 23.7 Å². The fourth-order valence-corrected chi connectivity index (χ4v) is 7.86. The molecule has 4 N–H and O–H groups in total. The summed E-state index contributed by atoms with van der Waals surface area (Å²) in [5.74, 6) is -2.47. The Morgan fingerprint density at radius 1 is 1.15 bits per heavy atom. The highest BCUT2D eigenvalue weighted by molar-refractivity contribution is 8.01. The number of amides is 2. The van der Waals surface area contributed by atoms with Gasteiger partial charge in [-0.25, -0.2) is 14.2 Å². The fourth-order valence-electron chi connectivity index (χ4n) is 4.19. The van der Waals surface area contributed by atoms with Crippen molar-refractivity contribution in [2.45, 2.75) is 46.7 Å². The highest BCUT2D eigenvalue weighted by atomic mass is 35.5. The van der Waals surface area contributed by atoms with Gasteiger partial charge in [0.2, 0.25) is 5.91 Å². The first-order chi connectivity index (χ1) is 19.5. The second-order valence-electron chi connectivity index (χ2n) is 9.13. The van der Waals surface area contributed by atoms with E-state index >= 15 is 0 Å². The molecule has 0 spiro atoms. The van der Waals surface area contributed by atoms with Crippen LogP contribution in [-0.2, 0) is 25.7 Å². The molecule has 2 aromatic rings. The SMILES string of the molecule is O=C(CSc1cc(Cl)ccc1Cl)N[C@H]1C(=O)N2C(C(=O)O)=C(CSc3cc[n+](CCC[C@@H](O)C(=O)O)cc3)CS[C@H]12. The van der Waals surface area contributed by atoms with Gasteiger partial charge < -0.3 is 20.6 Å². The van der Waals surface area contributed by atoms with E-state index in [2.05, 4.69) is 5.32 Å². The number of aryl methyl sites for hydroxylation is 1. The number of pyridine rings is 1. The summed E-state index contributed by atoms with van der Waals surface area (Å²) in [4.78, 5) is 51.2. The molecule has 0 saturated carbocycles. The Kier molecular flexibility index (Phi) is 10.9. The van der Waals surface area contributed by atoms with Crippen molar-refractivity contribution in [1.29, 1.82) is 0 Å². The molecule has 3 atom stereocenters. The Hall–Kier alpha value is -2.42. The molecule has 41 heavy (non-hydrogen) atoms. The predicted octanol–water partition coefficient (Wildman–Crippen LogP) is 3.13. The van der Waals surface area contributed by atoms with E-state index in [1.54, 1.807) is 18.2 Å². The predicted molar refractivity (Wildman–Crippen MR) is 157 cm³/mol. The fraction of sp³-hybridized carbons (Fsp3) is 0.346. The summed E-state index contributed by atoms with van der Waals surface area (Å²) in [6, 6.07) is 7.87. The van der Waals surface area contributed by atoms with Gasteiger partial charge in [0, 0.05) is 44.9 Å². The van der Waals surface area contributed by atoms with Crippen LogP contribution in [0.5, 0.6) is 0 Å². The molecule has 0 radical (unpaired) electrons. The molecule has 10 nitrogen and oxygen atoms in total. The van der Waals surface area contributed by atoms with Crippen molar-refractivity contribution in [3.8, 4) is 0 Å². The van der Waals surface area contributed by atoms with Gasteiger partial charge in [-0.3, -0.25) is 14.5 Å². The van der Waals surface area contributed by atoms with Gasteiger partial charge in [-0.2, -0.15) is 0 Å². The van der Waals surface area contributed by atoms with Crippen LogP contribution in [0, 0.1) is 0 Å². The summed E-state index contributed by atoms with van der Waals surface area (Å²) in [5, 5.41) is 31.2. The van der Waals surface area contributed by atoms with Crippen molar-refractivity contribution in [2.24, 2.45) is 0 Å². The molecule has 0 unspecified atom stereocenters. The lowest BCUT2D eigenvalue weighted by Crippen LogP contribution is -2.70. The molecule has 218 valence electrons. The Morgan fingerprint density at radius 3 is 2.56 bits per heavy atom. The smallest absolute Gasteiger partial charge is 0.352 e. The number of hydrogen-bond acceptors (Lipinski definition) is 8. The quantitative estimate of drug-likeness (QED) is 0.144. The van der Waals surface area contributed by atoms with Gasteiger partial charge in [-0.1, -0.05) is 23.2 Å². The lowest BCUT2D eigenvalue weighted by molar-refractivity contribution is -0.697. The highest BCUT2D eigenvalue weighted by Crippen LogP contribution is 2.41. The summed E-state index contributed by atoms with van der Waals surface area (Å²) >= 11 is 16.2. The number of aliphatic hydroxyl groups excluding tert-OH is 1. The van der Waals surface area contributed by atoms with Crippen molar-refractivity contribution in [2.75, 3.05) is 17.3 Å². The van der Waals surface area contributed by atoms with Crippen LogP contribution in [0.25, 0.3) is 0 Å². The first-order valence-electron chi connectivity index (χ1n) is 12.3. The number of nitrogens with one attached hydrogen (secondary N) is 1. The minimum atomic E-state index is -1.38. The summed E-state index contributed by atoms with van der Waals surface area (Å²) in [6.07, 6.45) is 2.94.